The summed E-state index contributed by atoms with van der Waals surface area (Å²) >= 11 is 0. The maximum Gasteiger partial charge on any atom is 0.171 e. The molecule has 2 N–H and O–H groups in total. The third kappa shape index (κ3) is 2.35. The summed E-state index contributed by atoms with van der Waals surface area (Å²) in [7, 11) is 1.66. The maximum atomic E-state index is 10.9. The van der Waals surface area contributed by atoms with Crippen molar-refractivity contribution in [3.05, 3.63) is 34.6 Å². The van der Waals surface area contributed by atoms with Crippen LogP contribution in [0.2, 0.25) is 0 Å². The first-order valence-corrected chi connectivity index (χ1v) is 8.00. The van der Waals surface area contributed by atoms with E-state index in [4.69, 9.17) is 9.47 Å². The highest BCUT2D eigenvalue weighted by atomic mass is 16.5. The van der Waals surface area contributed by atoms with Gasteiger partial charge in [-0.25, -0.2) is 0 Å². The van der Waals surface area contributed by atoms with Crippen molar-refractivity contribution in [2.24, 2.45) is 5.92 Å². The van der Waals surface area contributed by atoms with E-state index in [0.717, 1.165) is 41.7 Å². The Morgan fingerprint density at radius 3 is 2.73 bits per heavy atom. The summed E-state index contributed by atoms with van der Waals surface area (Å²) in [5.41, 5.74) is 2.78. The van der Waals surface area contributed by atoms with Gasteiger partial charge in [-0.1, -0.05) is 13.0 Å². The van der Waals surface area contributed by atoms with Crippen LogP contribution < -0.4 is 10.1 Å². The molecule has 0 bridgehead atoms. The van der Waals surface area contributed by atoms with Crippen LogP contribution >= 0.6 is 0 Å². The number of aliphatic hydroxyl groups excluding tert-OH is 1. The molecule has 0 amide bonds. The molecule has 0 spiro atoms. The molecular formula is C18H25NO3. The van der Waals surface area contributed by atoms with Gasteiger partial charge in [0.25, 0.3) is 0 Å². The van der Waals surface area contributed by atoms with Crippen molar-refractivity contribution in [1.29, 1.82) is 0 Å². The van der Waals surface area contributed by atoms with Crippen molar-refractivity contribution in [3.8, 4) is 5.75 Å². The van der Waals surface area contributed by atoms with Crippen molar-refractivity contribution in [2.45, 2.75) is 45.6 Å². The minimum atomic E-state index is -0.394. The Morgan fingerprint density at radius 1 is 1.41 bits per heavy atom. The number of rotatable bonds is 4. The standard InChI is InChI=1S/C18H25NO3/c1-5-12-8-11(2)9-14(21-4)15(12)16-17(20)18(3,13-6-7-13)19-10-22-16/h8-9,13,19-20H,5-7,10H2,1-4H3. The zero-order valence-electron chi connectivity index (χ0n) is 13.8. The van der Waals surface area contributed by atoms with Crippen LogP contribution in [0.1, 0.15) is 43.4 Å². The number of hydrogen-bond donors (Lipinski definition) is 2. The molecule has 0 radical (unpaired) electrons. The van der Waals surface area contributed by atoms with Crippen molar-refractivity contribution in [2.75, 3.05) is 13.8 Å². The van der Waals surface area contributed by atoms with Crippen LogP contribution in [0.5, 0.6) is 5.75 Å². The normalized spacial score (nSPS) is 25.1. The number of aliphatic hydroxyl groups is 1. The largest absolute Gasteiger partial charge is 0.507 e. The average molecular weight is 303 g/mol. The highest BCUT2D eigenvalue weighted by molar-refractivity contribution is 5.72. The number of hydrogen-bond acceptors (Lipinski definition) is 4. The highest BCUT2D eigenvalue weighted by Gasteiger charge is 2.48. The molecule has 4 heteroatoms. The molecule has 1 aliphatic carbocycles. The minimum absolute atomic E-state index is 0.304. The van der Waals surface area contributed by atoms with Gasteiger partial charge in [-0.3, -0.25) is 5.32 Å². The molecule has 1 atom stereocenters. The van der Waals surface area contributed by atoms with E-state index in [0.29, 0.717) is 24.2 Å². The molecule has 1 unspecified atom stereocenters. The molecule has 3 rings (SSSR count). The van der Waals surface area contributed by atoms with E-state index in [1.165, 1.54) is 0 Å². The monoisotopic (exact) mass is 303 g/mol. The second-order valence-corrected chi connectivity index (χ2v) is 6.47. The molecule has 1 aliphatic heterocycles. The average Bonchev–Trinajstić information content (AvgIpc) is 3.34. The van der Waals surface area contributed by atoms with Gasteiger partial charge in [-0.05, 0) is 56.2 Å². The van der Waals surface area contributed by atoms with E-state index in [1.807, 2.05) is 6.07 Å². The summed E-state index contributed by atoms with van der Waals surface area (Å²) in [4.78, 5) is 0. The van der Waals surface area contributed by atoms with Crippen LogP contribution in [0, 0.1) is 12.8 Å². The zero-order chi connectivity index (χ0) is 15.9. The van der Waals surface area contributed by atoms with Crippen molar-refractivity contribution in [1.82, 2.24) is 5.32 Å². The molecule has 4 nitrogen and oxygen atoms in total. The molecule has 2 aliphatic rings. The van der Waals surface area contributed by atoms with Gasteiger partial charge >= 0.3 is 0 Å². The molecule has 0 aromatic heterocycles. The molecule has 22 heavy (non-hydrogen) atoms. The first kappa shape index (κ1) is 15.2. The summed E-state index contributed by atoms with van der Waals surface area (Å²) in [6.45, 7) is 6.63. The topological polar surface area (TPSA) is 50.7 Å². The van der Waals surface area contributed by atoms with Gasteiger partial charge in [-0.15, -0.1) is 0 Å². The van der Waals surface area contributed by atoms with Gasteiger partial charge in [-0.2, -0.15) is 0 Å². The third-order valence-corrected chi connectivity index (χ3v) is 4.91. The van der Waals surface area contributed by atoms with Crippen molar-refractivity contribution in [3.63, 3.8) is 0 Å². The Morgan fingerprint density at radius 2 is 2.14 bits per heavy atom. The van der Waals surface area contributed by atoms with Crippen LogP contribution in [0.4, 0.5) is 0 Å². The minimum Gasteiger partial charge on any atom is -0.507 e. The van der Waals surface area contributed by atoms with Crippen molar-refractivity contribution >= 4 is 5.76 Å². The highest BCUT2D eigenvalue weighted by Crippen LogP contribution is 2.47. The third-order valence-electron chi connectivity index (χ3n) is 4.91. The summed E-state index contributed by atoms with van der Waals surface area (Å²) in [5.74, 6) is 2.12. The predicted octanol–water partition coefficient (Wildman–Crippen LogP) is 3.54. The van der Waals surface area contributed by atoms with Crippen LogP contribution in [0.3, 0.4) is 0 Å². The molecular weight excluding hydrogens is 278 g/mol. The van der Waals surface area contributed by atoms with E-state index in [2.05, 4.69) is 32.2 Å². The number of benzene rings is 1. The second-order valence-electron chi connectivity index (χ2n) is 6.47. The predicted molar refractivity (Wildman–Crippen MR) is 86.9 cm³/mol. The molecule has 120 valence electrons. The fourth-order valence-electron chi connectivity index (χ4n) is 3.36. The second kappa shape index (κ2) is 5.51. The fourth-order valence-corrected chi connectivity index (χ4v) is 3.36. The van der Waals surface area contributed by atoms with Crippen LogP contribution in [0.15, 0.2) is 17.9 Å². The van der Waals surface area contributed by atoms with Crippen LogP contribution in [-0.2, 0) is 11.2 Å². The molecule has 1 heterocycles. The van der Waals surface area contributed by atoms with E-state index in [-0.39, 0.29) is 0 Å². The Kier molecular flexibility index (Phi) is 3.81. The fraction of sp³-hybridized carbons (Fsp3) is 0.556. The number of ether oxygens (including phenoxy) is 2. The Labute approximate surface area is 132 Å². The van der Waals surface area contributed by atoms with Gasteiger partial charge in [0.1, 0.15) is 12.5 Å². The summed E-state index contributed by atoms with van der Waals surface area (Å²) < 4.78 is 11.4. The van der Waals surface area contributed by atoms with Gasteiger partial charge in [0.15, 0.2) is 11.5 Å². The Balaban J connectivity index is 2.17. The lowest BCUT2D eigenvalue weighted by atomic mass is 9.88. The summed E-state index contributed by atoms with van der Waals surface area (Å²) in [6.07, 6.45) is 3.15. The van der Waals surface area contributed by atoms with Crippen LogP contribution in [0.25, 0.3) is 5.76 Å². The number of methoxy groups -OCH3 is 1. The first-order valence-electron chi connectivity index (χ1n) is 8.00. The molecule has 1 aromatic rings. The quantitative estimate of drug-likeness (QED) is 0.893. The van der Waals surface area contributed by atoms with Crippen molar-refractivity contribution < 1.29 is 14.6 Å². The first-order chi connectivity index (χ1) is 10.5. The number of nitrogens with one attached hydrogen (secondary N) is 1. The maximum absolute atomic E-state index is 10.9. The molecule has 1 aromatic carbocycles. The lowest BCUT2D eigenvalue weighted by molar-refractivity contribution is 0.118. The van der Waals surface area contributed by atoms with E-state index in [1.54, 1.807) is 7.11 Å². The van der Waals surface area contributed by atoms with Gasteiger partial charge in [0.05, 0.1) is 18.2 Å². The van der Waals surface area contributed by atoms with Gasteiger partial charge in [0.2, 0.25) is 0 Å². The van der Waals surface area contributed by atoms with E-state index < -0.39 is 5.54 Å². The number of aryl methyl sites for hydroxylation is 2. The Bertz CT molecular complexity index is 594. The summed E-state index contributed by atoms with van der Waals surface area (Å²) in [6, 6.07) is 4.13. The Hall–Kier alpha value is -1.68. The molecule has 0 saturated heterocycles. The van der Waals surface area contributed by atoms with Gasteiger partial charge in [0, 0.05) is 0 Å². The molecule has 1 saturated carbocycles. The van der Waals surface area contributed by atoms with Crippen LogP contribution in [-0.4, -0.2) is 24.5 Å². The zero-order valence-corrected chi connectivity index (χ0v) is 13.8. The summed E-state index contributed by atoms with van der Waals surface area (Å²) in [5, 5.41) is 14.2. The van der Waals surface area contributed by atoms with Gasteiger partial charge < -0.3 is 14.6 Å². The SMILES string of the molecule is CCc1cc(C)cc(OC)c1C1=C(O)C(C)(C2CC2)NCO1. The molecule has 1 fully saturated rings. The lowest BCUT2D eigenvalue weighted by Crippen LogP contribution is -2.50. The van der Waals surface area contributed by atoms with E-state index in [9.17, 15) is 5.11 Å². The smallest absolute Gasteiger partial charge is 0.171 e. The van der Waals surface area contributed by atoms with E-state index >= 15 is 0 Å². The lowest BCUT2D eigenvalue weighted by Gasteiger charge is -2.36.